The van der Waals surface area contributed by atoms with Gasteiger partial charge in [-0.05, 0) is 127 Å². The highest BCUT2D eigenvalue weighted by molar-refractivity contribution is 14.1. The highest BCUT2D eigenvalue weighted by Gasteiger charge is 2.15. The molecule has 0 unspecified atom stereocenters. The van der Waals surface area contributed by atoms with Crippen molar-refractivity contribution in [3.8, 4) is 0 Å². The summed E-state index contributed by atoms with van der Waals surface area (Å²) in [6.07, 6.45) is 13.0. The van der Waals surface area contributed by atoms with Crippen LogP contribution in [0.2, 0.25) is 0 Å². The van der Waals surface area contributed by atoms with E-state index in [1.807, 2.05) is 22.7 Å². The van der Waals surface area contributed by atoms with E-state index in [-0.39, 0.29) is 0 Å². The molecule has 4 aromatic carbocycles. The molecule has 0 nitrogen and oxygen atoms in total. The third kappa shape index (κ3) is 5.12. The van der Waals surface area contributed by atoms with Gasteiger partial charge in [0.25, 0.3) is 0 Å². The van der Waals surface area contributed by atoms with Gasteiger partial charge in [-0.15, -0.1) is 22.7 Å². The molecule has 0 fully saturated rings. The van der Waals surface area contributed by atoms with Crippen molar-refractivity contribution in [1.29, 1.82) is 0 Å². The molecule has 38 heavy (non-hydrogen) atoms. The van der Waals surface area contributed by atoms with Crippen LogP contribution < -0.4 is 0 Å². The maximum Gasteiger partial charge on any atom is 0.0363 e. The average molecular weight is 761 g/mol. The van der Waals surface area contributed by atoms with Gasteiger partial charge in [-0.3, -0.25) is 0 Å². The first-order valence-electron chi connectivity index (χ1n) is 14.2. The predicted molar refractivity (Wildman–Crippen MR) is 191 cm³/mol. The summed E-state index contributed by atoms with van der Waals surface area (Å²) in [5, 5.41) is 11.2. The molecule has 0 atom stereocenters. The number of unbranched alkanes of at least 4 members (excludes halogenated alkanes) is 6. The Morgan fingerprint density at radius 3 is 1.37 bits per heavy atom. The lowest BCUT2D eigenvalue weighted by Gasteiger charge is -2.09. The lowest BCUT2D eigenvalue weighted by Crippen LogP contribution is -1.85. The minimum absolute atomic E-state index is 1.22. The second-order valence-corrected chi connectivity index (χ2v) is 15.1. The standard InChI is InChI=1S/C34H34I2S2/c1-3-5-7-9-11-29-33(35)27-17-21-13-15-24-23(25(21)19-31(27)37-29)16-14-22-18-28-32(20-26(22)24)38-30(34(28)36)12-10-8-6-4-2/h13-20H,3-12H2,1-2H3. The largest absolute Gasteiger partial charge is 0.139 e. The fraction of sp³-hybridized carbons (Fsp3) is 0.353. The van der Waals surface area contributed by atoms with Crippen LogP contribution in [0.1, 0.15) is 75.0 Å². The Morgan fingerprint density at radius 1 is 0.500 bits per heavy atom. The zero-order valence-electron chi connectivity index (χ0n) is 22.3. The summed E-state index contributed by atoms with van der Waals surface area (Å²) in [6.45, 7) is 4.58. The van der Waals surface area contributed by atoms with Gasteiger partial charge in [-0.1, -0.05) is 76.6 Å². The Labute approximate surface area is 261 Å². The molecule has 6 rings (SSSR count). The summed E-state index contributed by atoms with van der Waals surface area (Å²) in [5.41, 5.74) is 0. The van der Waals surface area contributed by atoms with Crippen molar-refractivity contribution in [2.75, 3.05) is 0 Å². The summed E-state index contributed by atoms with van der Waals surface area (Å²) in [6, 6.07) is 19.3. The number of fused-ring (bicyclic) bond motifs is 7. The van der Waals surface area contributed by atoms with Crippen molar-refractivity contribution in [3.05, 3.63) is 65.4 Å². The third-order valence-corrected chi connectivity index (χ3v) is 13.6. The van der Waals surface area contributed by atoms with Gasteiger partial charge >= 0.3 is 0 Å². The Bertz CT molecular complexity index is 1640. The van der Waals surface area contributed by atoms with Crippen LogP contribution in [-0.2, 0) is 12.8 Å². The molecule has 0 amide bonds. The normalized spacial score (nSPS) is 12.2. The number of benzene rings is 4. The molecule has 0 aliphatic carbocycles. The lowest BCUT2D eigenvalue weighted by molar-refractivity contribution is 0.669. The maximum absolute atomic E-state index is 2.59. The molecule has 0 saturated heterocycles. The molecular weight excluding hydrogens is 726 g/mol. The van der Waals surface area contributed by atoms with E-state index < -0.39 is 0 Å². The van der Waals surface area contributed by atoms with Crippen LogP contribution in [-0.4, -0.2) is 0 Å². The maximum atomic E-state index is 2.59. The fourth-order valence-corrected chi connectivity index (χ4v) is 10.6. The first kappa shape index (κ1) is 27.2. The van der Waals surface area contributed by atoms with Gasteiger partial charge in [-0.2, -0.15) is 0 Å². The molecule has 196 valence electrons. The summed E-state index contributed by atoms with van der Waals surface area (Å²) < 4.78 is 5.83. The Kier molecular flexibility index (Phi) is 8.51. The molecule has 2 aromatic heterocycles. The van der Waals surface area contributed by atoms with Crippen LogP contribution in [0, 0.1) is 7.14 Å². The van der Waals surface area contributed by atoms with Crippen LogP contribution in [0.3, 0.4) is 0 Å². The minimum Gasteiger partial charge on any atom is -0.139 e. The molecule has 0 aliphatic heterocycles. The number of rotatable bonds is 10. The van der Waals surface area contributed by atoms with Crippen molar-refractivity contribution in [2.24, 2.45) is 0 Å². The third-order valence-electron chi connectivity index (χ3n) is 7.98. The summed E-state index contributed by atoms with van der Waals surface area (Å²) >= 11 is 9.22. The van der Waals surface area contributed by atoms with E-state index in [4.69, 9.17) is 0 Å². The van der Waals surface area contributed by atoms with Gasteiger partial charge in [0.05, 0.1) is 0 Å². The van der Waals surface area contributed by atoms with Crippen LogP contribution in [0.25, 0.3) is 52.5 Å². The molecular formula is C34H34I2S2. The molecule has 0 N–H and O–H groups in total. The van der Waals surface area contributed by atoms with Crippen LogP contribution in [0.15, 0.2) is 48.5 Å². The van der Waals surface area contributed by atoms with E-state index in [1.54, 1.807) is 9.75 Å². The minimum atomic E-state index is 1.22. The SMILES string of the molecule is CCCCCCc1sc2cc3c(ccc4c5cc6sc(CCCCCC)c(I)c6cc5ccc34)cc2c1I. The summed E-state index contributed by atoms with van der Waals surface area (Å²) in [4.78, 5) is 3.14. The topological polar surface area (TPSA) is 0 Å². The second-order valence-electron chi connectivity index (χ2n) is 10.7. The van der Waals surface area contributed by atoms with Crippen LogP contribution >= 0.6 is 67.9 Å². The van der Waals surface area contributed by atoms with Gasteiger partial charge in [0.15, 0.2) is 0 Å². The van der Waals surface area contributed by atoms with Crippen molar-refractivity contribution in [2.45, 2.75) is 78.1 Å². The zero-order chi connectivity index (χ0) is 26.2. The zero-order valence-corrected chi connectivity index (χ0v) is 28.2. The van der Waals surface area contributed by atoms with E-state index in [1.165, 1.54) is 124 Å². The van der Waals surface area contributed by atoms with E-state index in [0.29, 0.717) is 0 Å². The summed E-state index contributed by atoms with van der Waals surface area (Å²) in [5.74, 6) is 0. The van der Waals surface area contributed by atoms with Crippen molar-refractivity contribution < 1.29 is 0 Å². The van der Waals surface area contributed by atoms with Gasteiger partial charge in [0.2, 0.25) is 0 Å². The van der Waals surface area contributed by atoms with E-state index in [9.17, 15) is 0 Å². The fourth-order valence-electron chi connectivity index (χ4n) is 5.84. The molecule has 0 saturated carbocycles. The Balaban J connectivity index is 1.43. The van der Waals surface area contributed by atoms with E-state index >= 15 is 0 Å². The molecule has 6 aromatic rings. The molecule has 0 bridgehead atoms. The second kappa shape index (κ2) is 11.9. The van der Waals surface area contributed by atoms with Gasteiger partial charge in [-0.25, -0.2) is 0 Å². The highest BCUT2D eigenvalue weighted by Crippen LogP contribution is 2.41. The number of halogens is 2. The highest BCUT2D eigenvalue weighted by atomic mass is 127. The summed E-state index contributed by atoms with van der Waals surface area (Å²) in [7, 11) is 0. The lowest BCUT2D eigenvalue weighted by atomic mass is 9.96. The predicted octanol–water partition coefficient (Wildman–Crippen LogP) is 13.0. The smallest absolute Gasteiger partial charge is 0.0363 e. The molecule has 2 heterocycles. The van der Waals surface area contributed by atoms with Crippen LogP contribution in [0.4, 0.5) is 0 Å². The van der Waals surface area contributed by atoms with E-state index in [0.717, 1.165) is 0 Å². The van der Waals surface area contributed by atoms with Crippen molar-refractivity contribution in [1.82, 2.24) is 0 Å². The number of hydrogen-bond donors (Lipinski definition) is 0. The molecule has 0 spiro atoms. The van der Waals surface area contributed by atoms with Gasteiger partial charge < -0.3 is 0 Å². The van der Waals surface area contributed by atoms with Gasteiger partial charge in [0, 0.05) is 37.1 Å². The number of aryl methyl sites for hydroxylation is 2. The van der Waals surface area contributed by atoms with Crippen molar-refractivity contribution in [3.63, 3.8) is 0 Å². The number of hydrogen-bond acceptors (Lipinski definition) is 2. The monoisotopic (exact) mass is 760 g/mol. The van der Waals surface area contributed by atoms with Gasteiger partial charge in [0.1, 0.15) is 0 Å². The molecule has 0 aliphatic rings. The van der Waals surface area contributed by atoms with Crippen LogP contribution in [0.5, 0.6) is 0 Å². The first-order valence-corrected chi connectivity index (χ1v) is 18.0. The first-order chi connectivity index (χ1) is 18.6. The number of thiophene rings is 2. The molecule has 4 heteroatoms. The quantitative estimate of drug-likeness (QED) is 0.0741. The Morgan fingerprint density at radius 2 is 0.947 bits per heavy atom. The average Bonchev–Trinajstić information content (AvgIpc) is 3.41. The Hall–Kier alpha value is -0.960. The molecule has 0 radical (unpaired) electrons. The van der Waals surface area contributed by atoms with Crippen molar-refractivity contribution >= 4 is 120 Å². The van der Waals surface area contributed by atoms with E-state index in [2.05, 4.69) is 108 Å².